The van der Waals surface area contributed by atoms with Crippen molar-refractivity contribution in [3.63, 3.8) is 0 Å². The third kappa shape index (κ3) is 3.98. The smallest absolute Gasteiger partial charge is 0.194 e. The van der Waals surface area contributed by atoms with Crippen LogP contribution >= 0.6 is 11.3 Å². The molecule has 5 nitrogen and oxygen atoms in total. The van der Waals surface area contributed by atoms with E-state index in [1.807, 2.05) is 38.1 Å². The minimum atomic E-state index is 0.0363. The molecule has 1 aromatic carbocycles. The SMILES string of the molecule is Cc1nc2sccn2c1CN1CCC[C@@H](C(=O)c2cccc(OC(C)C)c2)C1. The first-order valence-electron chi connectivity index (χ1n) is 9.95. The molecule has 0 N–H and O–H groups in total. The fourth-order valence-electron chi connectivity index (χ4n) is 3.99. The quantitative estimate of drug-likeness (QED) is 0.571. The number of thiazole rings is 1. The van der Waals surface area contributed by atoms with Gasteiger partial charge in [0.25, 0.3) is 0 Å². The number of nitrogens with zero attached hydrogens (tertiary/aromatic N) is 3. The predicted molar refractivity (Wildman–Crippen MR) is 112 cm³/mol. The van der Waals surface area contributed by atoms with Crippen LogP contribution in [0, 0.1) is 12.8 Å². The van der Waals surface area contributed by atoms with E-state index >= 15 is 0 Å². The first-order chi connectivity index (χ1) is 13.5. The lowest BCUT2D eigenvalue weighted by atomic mass is 9.90. The molecular weight excluding hydrogens is 370 g/mol. The summed E-state index contributed by atoms with van der Waals surface area (Å²) in [5, 5.41) is 2.07. The Labute approximate surface area is 170 Å². The van der Waals surface area contributed by atoms with Crippen molar-refractivity contribution in [1.29, 1.82) is 0 Å². The number of hydrogen-bond acceptors (Lipinski definition) is 5. The summed E-state index contributed by atoms with van der Waals surface area (Å²) in [5.41, 5.74) is 3.07. The number of likely N-dealkylation sites (tertiary alicyclic amines) is 1. The molecule has 0 radical (unpaired) electrons. The van der Waals surface area contributed by atoms with E-state index in [1.165, 1.54) is 5.69 Å². The Morgan fingerprint density at radius 1 is 1.39 bits per heavy atom. The second-order valence-corrected chi connectivity index (χ2v) is 8.71. The van der Waals surface area contributed by atoms with Crippen molar-refractivity contribution in [1.82, 2.24) is 14.3 Å². The topological polar surface area (TPSA) is 46.8 Å². The molecule has 148 valence electrons. The first kappa shape index (κ1) is 19.2. The number of benzene rings is 1. The molecule has 1 aliphatic rings. The molecule has 0 spiro atoms. The summed E-state index contributed by atoms with van der Waals surface area (Å²) < 4.78 is 7.94. The molecule has 3 heterocycles. The van der Waals surface area contributed by atoms with Gasteiger partial charge >= 0.3 is 0 Å². The van der Waals surface area contributed by atoms with E-state index in [1.54, 1.807) is 11.3 Å². The van der Waals surface area contributed by atoms with Gasteiger partial charge in [-0.05, 0) is 52.3 Å². The van der Waals surface area contributed by atoms with Gasteiger partial charge < -0.3 is 4.74 Å². The minimum Gasteiger partial charge on any atom is -0.491 e. The van der Waals surface area contributed by atoms with Crippen molar-refractivity contribution in [2.75, 3.05) is 13.1 Å². The second kappa shape index (κ2) is 8.05. The number of carbonyl (C=O) groups excluding carboxylic acids is 1. The molecule has 0 aliphatic carbocycles. The Hall–Kier alpha value is -2.18. The Bertz CT molecular complexity index is 975. The summed E-state index contributed by atoms with van der Waals surface area (Å²) in [6.45, 7) is 8.72. The standard InChI is InChI=1S/C22H27N3O2S/c1-15(2)27-19-8-4-6-17(12-19)21(26)18-7-5-9-24(13-18)14-20-16(3)23-22-25(20)10-11-28-22/h4,6,8,10-12,15,18H,5,7,9,13-14H2,1-3H3/t18-/m1/s1. The zero-order valence-corrected chi connectivity index (χ0v) is 17.5. The number of aromatic nitrogens is 2. The molecule has 0 saturated carbocycles. The van der Waals surface area contributed by atoms with E-state index in [0.29, 0.717) is 0 Å². The summed E-state index contributed by atoms with van der Waals surface area (Å²) in [4.78, 5) is 21.2. The number of carbonyl (C=O) groups is 1. The Kier molecular flexibility index (Phi) is 5.51. The number of Topliss-reactive ketones (excluding diaryl/α,β-unsaturated/α-hetero) is 1. The van der Waals surface area contributed by atoms with Crippen molar-refractivity contribution in [2.24, 2.45) is 5.92 Å². The molecule has 1 atom stereocenters. The Balaban J connectivity index is 1.47. The lowest BCUT2D eigenvalue weighted by Crippen LogP contribution is -2.38. The number of piperidine rings is 1. The number of aryl methyl sites for hydroxylation is 1. The zero-order valence-electron chi connectivity index (χ0n) is 16.7. The summed E-state index contributed by atoms with van der Waals surface area (Å²) in [6, 6.07) is 7.62. The van der Waals surface area contributed by atoms with E-state index in [9.17, 15) is 4.79 Å². The van der Waals surface area contributed by atoms with Gasteiger partial charge in [0.2, 0.25) is 0 Å². The average molecular weight is 398 g/mol. The van der Waals surface area contributed by atoms with Crippen molar-refractivity contribution in [2.45, 2.75) is 46.3 Å². The second-order valence-electron chi connectivity index (χ2n) is 7.83. The third-order valence-electron chi connectivity index (χ3n) is 5.30. The number of imidazole rings is 1. The number of hydrogen-bond donors (Lipinski definition) is 0. The highest BCUT2D eigenvalue weighted by Crippen LogP contribution is 2.26. The average Bonchev–Trinajstić information content (AvgIpc) is 3.23. The monoisotopic (exact) mass is 397 g/mol. The zero-order chi connectivity index (χ0) is 19.7. The van der Waals surface area contributed by atoms with Gasteiger partial charge in [0.05, 0.1) is 17.5 Å². The van der Waals surface area contributed by atoms with Crippen LogP contribution in [0.3, 0.4) is 0 Å². The molecule has 1 fully saturated rings. The van der Waals surface area contributed by atoms with Gasteiger partial charge in [-0.3, -0.25) is 14.1 Å². The normalized spacial score (nSPS) is 18.1. The Morgan fingerprint density at radius 2 is 2.25 bits per heavy atom. The van der Waals surface area contributed by atoms with Gasteiger partial charge in [-0.25, -0.2) is 4.98 Å². The maximum absolute atomic E-state index is 13.1. The van der Waals surface area contributed by atoms with Gasteiger partial charge in [0, 0.05) is 36.1 Å². The lowest BCUT2D eigenvalue weighted by molar-refractivity contribution is 0.0809. The van der Waals surface area contributed by atoms with Crippen LogP contribution in [0.25, 0.3) is 4.96 Å². The Morgan fingerprint density at radius 3 is 3.07 bits per heavy atom. The third-order valence-corrected chi connectivity index (χ3v) is 6.06. The van der Waals surface area contributed by atoms with E-state index in [2.05, 4.69) is 32.8 Å². The molecule has 6 heteroatoms. The van der Waals surface area contributed by atoms with E-state index < -0.39 is 0 Å². The highest BCUT2D eigenvalue weighted by atomic mass is 32.1. The maximum Gasteiger partial charge on any atom is 0.194 e. The predicted octanol–water partition coefficient (Wildman–Crippen LogP) is 4.59. The van der Waals surface area contributed by atoms with E-state index in [4.69, 9.17) is 4.74 Å². The van der Waals surface area contributed by atoms with Crippen molar-refractivity contribution >= 4 is 22.1 Å². The molecule has 4 rings (SSSR count). The van der Waals surface area contributed by atoms with Gasteiger partial charge in [-0.15, -0.1) is 11.3 Å². The highest BCUT2D eigenvalue weighted by molar-refractivity contribution is 7.15. The van der Waals surface area contributed by atoms with Crippen LogP contribution in [0.15, 0.2) is 35.8 Å². The maximum atomic E-state index is 13.1. The fourth-order valence-corrected chi connectivity index (χ4v) is 4.77. The molecule has 3 aromatic rings. The molecular formula is C22H27N3O2S. The van der Waals surface area contributed by atoms with E-state index in [-0.39, 0.29) is 17.8 Å². The molecule has 2 aromatic heterocycles. The molecule has 0 amide bonds. The molecule has 1 saturated heterocycles. The van der Waals surface area contributed by atoms with Crippen LogP contribution < -0.4 is 4.74 Å². The lowest BCUT2D eigenvalue weighted by Gasteiger charge is -2.32. The summed E-state index contributed by atoms with van der Waals surface area (Å²) >= 11 is 1.66. The van der Waals surface area contributed by atoms with E-state index in [0.717, 1.165) is 54.4 Å². The first-order valence-corrected chi connectivity index (χ1v) is 10.8. The number of ketones is 1. The van der Waals surface area contributed by atoms with Crippen molar-refractivity contribution < 1.29 is 9.53 Å². The molecule has 1 aliphatic heterocycles. The summed E-state index contributed by atoms with van der Waals surface area (Å²) in [6.07, 6.45) is 4.18. The minimum absolute atomic E-state index is 0.0363. The van der Waals surface area contributed by atoms with Crippen molar-refractivity contribution in [3.05, 3.63) is 52.8 Å². The molecule has 28 heavy (non-hydrogen) atoms. The van der Waals surface area contributed by atoms with Crippen LogP contribution in [0.5, 0.6) is 5.75 Å². The summed E-state index contributed by atoms with van der Waals surface area (Å²) in [7, 11) is 0. The molecule has 0 bridgehead atoms. The number of fused-ring (bicyclic) bond motifs is 1. The summed E-state index contributed by atoms with van der Waals surface area (Å²) in [5.74, 6) is 1.03. The van der Waals surface area contributed by atoms with Crippen molar-refractivity contribution in [3.8, 4) is 5.75 Å². The van der Waals surface area contributed by atoms with Gasteiger partial charge in [0.15, 0.2) is 10.7 Å². The number of ether oxygens (including phenoxy) is 1. The van der Waals surface area contributed by atoms with Gasteiger partial charge in [-0.2, -0.15) is 0 Å². The fraction of sp³-hybridized carbons (Fsp3) is 0.455. The highest BCUT2D eigenvalue weighted by Gasteiger charge is 2.28. The van der Waals surface area contributed by atoms with Gasteiger partial charge in [-0.1, -0.05) is 12.1 Å². The van der Waals surface area contributed by atoms with Crippen LogP contribution in [0.4, 0.5) is 0 Å². The van der Waals surface area contributed by atoms with Crippen LogP contribution in [-0.2, 0) is 6.54 Å². The van der Waals surface area contributed by atoms with Crippen LogP contribution in [0.2, 0.25) is 0 Å². The van der Waals surface area contributed by atoms with Gasteiger partial charge in [0.1, 0.15) is 5.75 Å². The molecule has 0 unspecified atom stereocenters. The van der Waals surface area contributed by atoms with Crippen LogP contribution in [-0.4, -0.2) is 39.3 Å². The van der Waals surface area contributed by atoms with Crippen LogP contribution in [0.1, 0.15) is 48.4 Å². The largest absolute Gasteiger partial charge is 0.491 e. The number of rotatable bonds is 6.